The molecule has 8 nitrogen and oxygen atoms in total. The van der Waals surface area contributed by atoms with Crippen LogP contribution in [0.15, 0.2) is 0 Å². The average molecular weight is 514 g/mol. The molecule has 0 spiro atoms. The van der Waals surface area contributed by atoms with Crippen LogP contribution < -0.4 is 14.2 Å². The third-order valence-electron chi connectivity index (χ3n) is 4.45. The molecule has 1 fully saturated rings. The molecule has 1 aromatic carbocycles. The van der Waals surface area contributed by atoms with Crippen molar-refractivity contribution < 1.29 is 39.0 Å². The molecular weight excluding hydrogens is 491 g/mol. The van der Waals surface area contributed by atoms with E-state index in [0.29, 0.717) is 14.7 Å². The molecule has 1 aliphatic rings. The molecule has 1 heterocycles. The molecule has 27 heavy (non-hydrogen) atoms. The molecule has 0 amide bonds. The fourth-order valence-electron chi connectivity index (χ4n) is 3.00. The number of ether oxygens (including phenoxy) is 5. The van der Waals surface area contributed by atoms with E-state index < -0.39 is 30.7 Å². The first kappa shape index (κ1) is 22.4. The Bertz CT molecular complexity index is 713. The van der Waals surface area contributed by atoms with Crippen LogP contribution in [0.5, 0.6) is 17.2 Å². The fourth-order valence-corrected chi connectivity index (χ4v) is 3.89. The van der Waals surface area contributed by atoms with Crippen LogP contribution in [0.3, 0.4) is 0 Å². The topological polar surface area (TPSA) is 107 Å². The number of methoxy groups -OCH3 is 3. The molecule has 0 bridgehead atoms. The maximum absolute atomic E-state index is 10.5. The molecule has 0 aromatic heterocycles. The number of rotatable bonds is 6. The normalized spacial score (nSPS) is 27.9. The van der Waals surface area contributed by atoms with Gasteiger partial charge in [0.2, 0.25) is 12.0 Å². The summed E-state index contributed by atoms with van der Waals surface area (Å²) in [7, 11) is 4.23. The maximum atomic E-state index is 10.5. The molecule has 0 saturated carbocycles. The predicted octanol–water partition coefficient (Wildman–Crippen LogP) is 1.71. The summed E-state index contributed by atoms with van der Waals surface area (Å²) in [4.78, 5) is 0. The Morgan fingerprint density at radius 1 is 1.07 bits per heavy atom. The summed E-state index contributed by atoms with van der Waals surface area (Å²) < 4.78 is 28.1. The summed E-state index contributed by atoms with van der Waals surface area (Å²) in [6, 6.07) is 0. The second-order valence-corrected chi connectivity index (χ2v) is 7.49. The Balaban J connectivity index is 2.53. The molecule has 0 unspecified atom stereocenters. The van der Waals surface area contributed by atoms with Gasteiger partial charge in [-0.3, -0.25) is 0 Å². The molecule has 2 rings (SSSR count). The lowest BCUT2D eigenvalue weighted by Gasteiger charge is -2.40. The van der Waals surface area contributed by atoms with Crippen molar-refractivity contribution in [2.75, 3.05) is 21.3 Å². The smallest absolute Gasteiger partial charge is 0.229 e. The van der Waals surface area contributed by atoms with Crippen molar-refractivity contribution in [1.29, 1.82) is 0 Å². The zero-order chi connectivity index (χ0) is 20.5. The monoisotopic (exact) mass is 514 g/mol. The van der Waals surface area contributed by atoms with E-state index in [1.165, 1.54) is 21.3 Å². The van der Waals surface area contributed by atoms with Crippen molar-refractivity contribution >= 4 is 39.9 Å². The number of aliphatic hydroxyl groups is 3. The highest BCUT2D eigenvalue weighted by atomic mass is 127. The number of thiocarbonyl (C=S) groups is 1. The molecule has 1 saturated heterocycles. The average Bonchev–Trinajstić information content (AvgIpc) is 2.63. The maximum Gasteiger partial charge on any atom is 0.229 e. The van der Waals surface area contributed by atoms with E-state index in [1.54, 1.807) is 13.8 Å². The summed E-state index contributed by atoms with van der Waals surface area (Å²) in [5.41, 5.74) is 0.946. The minimum Gasteiger partial charge on any atom is -0.498 e. The molecule has 0 radical (unpaired) electrons. The van der Waals surface area contributed by atoms with Crippen molar-refractivity contribution in [3.63, 3.8) is 0 Å². The van der Waals surface area contributed by atoms with E-state index in [4.69, 9.17) is 35.9 Å². The van der Waals surface area contributed by atoms with Gasteiger partial charge in [-0.15, -0.1) is 0 Å². The minimum absolute atomic E-state index is 0.197. The summed E-state index contributed by atoms with van der Waals surface area (Å²) in [5.74, 6) is 0.664. The van der Waals surface area contributed by atoms with Gasteiger partial charge >= 0.3 is 0 Å². The largest absolute Gasteiger partial charge is 0.498 e. The van der Waals surface area contributed by atoms with Gasteiger partial charge in [-0.05, 0) is 54.2 Å². The summed E-state index contributed by atoms with van der Waals surface area (Å²) in [5, 5.41) is 30.2. The van der Waals surface area contributed by atoms with Crippen molar-refractivity contribution in [1.82, 2.24) is 0 Å². The fraction of sp³-hybridized carbons (Fsp3) is 0.588. The predicted molar refractivity (Wildman–Crippen MR) is 109 cm³/mol. The van der Waals surface area contributed by atoms with Gasteiger partial charge in [0.1, 0.15) is 18.3 Å². The van der Waals surface area contributed by atoms with E-state index in [1.807, 2.05) is 22.6 Å². The molecule has 5 atom stereocenters. The van der Waals surface area contributed by atoms with Crippen LogP contribution in [0.2, 0.25) is 0 Å². The number of hydrogen-bond acceptors (Lipinski definition) is 8. The van der Waals surface area contributed by atoms with Gasteiger partial charge < -0.3 is 39.0 Å². The highest BCUT2D eigenvalue weighted by Crippen LogP contribution is 2.46. The van der Waals surface area contributed by atoms with Crippen LogP contribution in [0, 0.1) is 10.5 Å². The zero-order valence-electron chi connectivity index (χ0n) is 15.6. The molecule has 1 aliphatic heterocycles. The molecular formula is C17H23IO8S. The molecule has 1 aromatic rings. The Kier molecular flexibility index (Phi) is 7.50. The zero-order valence-corrected chi connectivity index (χ0v) is 18.5. The van der Waals surface area contributed by atoms with E-state index in [2.05, 4.69) is 0 Å². The van der Waals surface area contributed by atoms with E-state index >= 15 is 0 Å². The van der Waals surface area contributed by atoms with E-state index in [-0.39, 0.29) is 22.3 Å². The van der Waals surface area contributed by atoms with E-state index in [9.17, 15) is 15.3 Å². The van der Waals surface area contributed by atoms with Crippen LogP contribution in [0.4, 0.5) is 0 Å². The minimum atomic E-state index is -1.24. The highest BCUT2D eigenvalue weighted by Gasteiger charge is 2.45. The van der Waals surface area contributed by atoms with Gasteiger partial charge in [-0.2, -0.15) is 0 Å². The van der Waals surface area contributed by atoms with Crippen molar-refractivity contribution in [2.45, 2.75) is 44.6 Å². The van der Waals surface area contributed by atoms with Gasteiger partial charge in [0.05, 0.1) is 29.5 Å². The third-order valence-corrected chi connectivity index (χ3v) is 5.96. The molecule has 10 heteroatoms. The van der Waals surface area contributed by atoms with E-state index in [0.717, 1.165) is 0 Å². The molecule has 152 valence electrons. The van der Waals surface area contributed by atoms with Gasteiger partial charge in [0, 0.05) is 7.11 Å². The Morgan fingerprint density at radius 3 is 2.15 bits per heavy atom. The summed E-state index contributed by atoms with van der Waals surface area (Å²) in [6.07, 6.45) is -4.87. The lowest BCUT2D eigenvalue weighted by atomic mass is 9.99. The Morgan fingerprint density at radius 2 is 1.67 bits per heavy atom. The second kappa shape index (κ2) is 9.05. The lowest BCUT2D eigenvalue weighted by molar-refractivity contribution is -0.273. The van der Waals surface area contributed by atoms with Crippen molar-refractivity contribution in [2.24, 2.45) is 0 Å². The summed E-state index contributed by atoms with van der Waals surface area (Å²) in [6.45, 7) is 3.40. The SMILES string of the molecule is COc1c(O[C@@H]2O[C@@H](C)[C@H](O)[C@@H](OC)[C@H]2O)c(I)c(C)c(C(O)=S)c1OC. The van der Waals surface area contributed by atoms with Crippen LogP contribution in [0.25, 0.3) is 0 Å². The second-order valence-electron chi connectivity index (χ2n) is 6.02. The number of aliphatic hydroxyl groups excluding tert-OH is 3. The first-order chi connectivity index (χ1) is 12.7. The molecule has 3 N–H and O–H groups in total. The number of hydrogen-bond donors (Lipinski definition) is 3. The van der Waals surface area contributed by atoms with Crippen LogP contribution >= 0.6 is 34.8 Å². The van der Waals surface area contributed by atoms with Gasteiger partial charge in [-0.25, -0.2) is 0 Å². The number of halogens is 1. The van der Waals surface area contributed by atoms with Crippen molar-refractivity contribution in [3.05, 3.63) is 14.7 Å². The third kappa shape index (κ3) is 4.10. The lowest BCUT2D eigenvalue weighted by Crippen LogP contribution is -2.59. The summed E-state index contributed by atoms with van der Waals surface area (Å²) >= 11 is 6.94. The first-order valence-electron chi connectivity index (χ1n) is 8.07. The van der Waals surface area contributed by atoms with Gasteiger partial charge in [-0.1, -0.05) is 0 Å². The quantitative estimate of drug-likeness (QED) is 0.387. The van der Waals surface area contributed by atoms with Crippen LogP contribution in [0.1, 0.15) is 18.1 Å². The molecule has 0 aliphatic carbocycles. The Labute approximate surface area is 176 Å². The van der Waals surface area contributed by atoms with Crippen LogP contribution in [-0.4, -0.2) is 72.4 Å². The standard InChI is InChI=1S/C17H23IO8S/c1-6-8(16(21)27)12(22-3)15(24-5)13(9(6)18)26-17-11(20)14(23-4)10(19)7(2)25-17/h7,10-11,14,17,19-20H,1-5H3,(H,21,27)/t7-,10-,11+,14+,17-/m0/s1. The van der Waals surface area contributed by atoms with Crippen LogP contribution in [-0.2, 0) is 9.47 Å². The van der Waals surface area contributed by atoms with Gasteiger partial charge in [0.15, 0.2) is 16.5 Å². The highest BCUT2D eigenvalue weighted by molar-refractivity contribution is 14.1. The number of benzene rings is 1. The van der Waals surface area contributed by atoms with Crippen molar-refractivity contribution in [3.8, 4) is 17.2 Å². The Hall–Kier alpha value is -0.920. The first-order valence-corrected chi connectivity index (χ1v) is 9.56. The van der Waals surface area contributed by atoms with Gasteiger partial charge in [0.25, 0.3) is 0 Å².